The minimum atomic E-state index is -0.483. The van der Waals surface area contributed by atoms with Crippen molar-refractivity contribution < 1.29 is 14.5 Å². The van der Waals surface area contributed by atoms with Crippen molar-refractivity contribution in [2.24, 2.45) is 0 Å². The second kappa shape index (κ2) is 7.31. The molecular weight excluding hydrogens is 330 g/mol. The molecule has 1 fully saturated rings. The second-order valence-corrected chi connectivity index (χ2v) is 5.50. The Balaban J connectivity index is 2.31. The lowest BCUT2D eigenvalue weighted by molar-refractivity contribution is -0.384. The summed E-state index contributed by atoms with van der Waals surface area (Å²) < 4.78 is 0. The van der Waals surface area contributed by atoms with Gasteiger partial charge in [0.25, 0.3) is 17.5 Å². The van der Waals surface area contributed by atoms with Gasteiger partial charge in [-0.05, 0) is 38.0 Å². The minimum absolute atomic E-state index is 0.0289. The van der Waals surface area contributed by atoms with Crippen molar-refractivity contribution >= 4 is 34.8 Å². The van der Waals surface area contributed by atoms with Gasteiger partial charge in [0.05, 0.1) is 4.92 Å². The van der Waals surface area contributed by atoms with Crippen LogP contribution in [0.1, 0.15) is 19.4 Å². The molecule has 0 radical (unpaired) electrons. The molecule has 0 N–H and O–H groups in total. The number of carbonyl (C=O) groups excluding carboxylic acids is 2. The number of allylic oxidation sites excluding steroid dienone is 1. The van der Waals surface area contributed by atoms with E-state index in [1.54, 1.807) is 26.0 Å². The van der Waals surface area contributed by atoms with Crippen LogP contribution in [0.5, 0.6) is 0 Å². The highest BCUT2D eigenvalue weighted by Gasteiger charge is 2.37. The topological polar surface area (TPSA) is 83.8 Å². The van der Waals surface area contributed by atoms with Crippen molar-refractivity contribution in [2.75, 3.05) is 13.1 Å². The van der Waals surface area contributed by atoms with E-state index in [0.717, 1.165) is 0 Å². The number of likely N-dealkylation sites (N-methyl/N-ethyl adjacent to an activating group) is 2. The molecule has 2 amide bonds. The van der Waals surface area contributed by atoms with E-state index in [1.165, 1.54) is 28.0 Å². The van der Waals surface area contributed by atoms with Gasteiger partial charge in [-0.15, -0.1) is 0 Å². The van der Waals surface area contributed by atoms with E-state index in [2.05, 4.69) is 0 Å². The number of nitrogens with zero attached hydrogens (tertiary/aromatic N) is 3. The highest BCUT2D eigenvalue weighted by molar-refractivity contribution is 7.80. The summed E-state index contributed by atoms with van der Waals surface area (Å²) in [6.45, 7) is 4.31. The summed E-state index contributed by atoms with van der Waals surface area (Å²) in [5.41, 5.74) is 0.661. The Morgan fingerprint density at radius 1 is 1.17 bits per heavy atom. The Kier molecular flexibility index (Phi) is 5.40. The number of hydrogen-bond acceptors (Lipinski definition) is 5. The predicted octanol–water partition coefficient (Wildman–Crippen LogP) is 2.06. The molecule has 2 rings (SSSR count). The number of rotatable bonds is 5. The number of amides is 2. The van der Waals surface area contributed by atoms with Gasteiger partial charge < -0.3 is 0 Å². The Labute approximate surface area is 144 Å². The van der Waals surface area contributed by atoms with E-state index >= 15 is 0 Å². The van der Waals surface area contributed by atoms with Gasteiger partial charge in [0.15, 0.2) is 5.11 Å². The van der Waals surface area contributed by atoms with Gasteiger partial charge in [-0.25, -0.2) is 0 Å². The van der Waals surface area contributed by atoms with Crippen LogP contribution >= 0.6 is 12.2 Å². The van der Waals surface area contributed by atoms with E-state index in [1.807, 2.05) is 0 Å². The molecular formula is C16H17N3O4S. The Hall–Kier alpha value is -2.61. The predicted molar refractivity (Wildman–Crippen MR) is 92.3 cm³/mol. The van der Waals surface area contributed by atoms with Gasteiger partial charge in [-0.1, -0.05) is 18.2 Å². The smallest absolute Gasteiger partial charge is 0.269 e. The van der Waals surface area contributed by atoms with Crippen molar-refractivity contribution in [3.8, 4) is 0 Å². The van der Waals surface area contributed by atoms with E-state index in [9.17, 15) is 19.7 Å². The highest BCUT2D eigenvalue weighted by atomic mass is 32.1. The SMILES string of the molecule is CCN1C(=O)C(=CCc2cccc([N+](=O)[O-])c2)C(=O)N(CC)C1=S. The number of nitro benzene ring substituents is 1. The van der Waals surface area contributed by atoms with Gasteiger partial charge in [0.1, 0.15) is 5.57 Å². The molecule has 1 aliphatic heterocycles. The molecule has 1 heterocycles. The third-order valence-corrected chi connectivity index (χ3v) is 4.15. The molecule has 1 aliphatic rings. The molecule has 24 heavy (non-hydrogen) atoms. The first kappa shape index (κ1) is 17.7. The average Bonchev–Trinajstić information content (AvgIpc) is 2.55. The lowest BCUT2D eigenvalue weighted by atomic mass is 10.1. The number of carbonyl (C=O) groups is 2. The summed E-state index contributed by atoms with van der Waals surface area (Å²) >= 11 is 5.19. The minimum Gasteiger partial charge on any atom is -0.285 e. The molecule has 0 spiro atoms. The van der Waals surface area contributed by atoms with Crippen molar-refractivity contribution in [1.29, 1.82) is 0 Å². The first-order valence-corrected chi connectivity index (χ1v) is 7.92. The standard InChI is InChI=1S/C16H17N3O4S/c1-3-17-14(20)13(15(21)18(4-2)16(17)24)9-8-11-6-5-7-12(10-11)19(22)23/h5-7,9-10H,3-4,8H2,1-2H3. The lowest BCUT2D eigenvalue weighted by Crippen LogP contribution is -2.55. The van der Waals surface area contributed by atoms with Crippen LogP contribution in [-0.4, -0.2) is 44.7 Å². The third-order valence-electron chi connectivity index (χ3n) is 3.71. The summed E-state index contributed by atoms with van der Waals surface area (Å²) in [5.74, 6) is -0.856. The number of nitro groups is 1. The maximum atomic E-state index is 12.4. The first-order valence-electron chi connectivity index (χ1n) is 7.51. The third kappa shape index (κ3) is 3.33. The molecule has 1 saturated heterocycles. The van der Waals surface area contributed by atoms with E-state index in [-0.39, 0.29) is 22.8 Å². The molecule has 0 atom stereocenters. The summed E-state index contributed by atoms with van der Waals surface area (Å²) in [6.07, 6.45) is 1.76. The van der Waals surface area contributed by atoms with E-state index in [4.69, 9.17) is 12.2 Å². The van der Waals surface area contributed by atoms with Crippen LogP contribution in [0, 0.1) is 10.1 Å². The molecule has 126 valence electrons. The monoisotopic (exact) mass is 347 g/mol. The molecule has 0 bridgehead atoms. The van der Waals surface area contributed by atoms with Crippen LogP contribution in [0.4, 0.5) is 5.69 Å². The molecule has 7 nitrogen and oxygen atoms in total. The van der Waals surface area contributed by atoms with Gasteiger partial charge in [0.2, 0.25) is 0 Å². The lowest BCUT2D eigenvalue weighted by Gasteiger charge is -2.35. The quantitative estimate of drug-likeness (QED) is 0.268. The van der Waals surface area contributed by atoms with Gasteiger partial charge >= 0.3 is 0 Å². The normalized spacial score (nSPS) is 15.1. The number of benzene rings is 1. The maximum Gasteiger partial charge on any atom is 0.269 e. The summed E-state index contributed by atoms with van der Waals surface area (Å²) in [6, 6.07) is 6.10. The van der Waals surface area contributed by atoms with E-state index in [0.29, 0.717) is 18.7 Å². The van der Waals surface area contributed by atoms with Gasteiger partial charge in [-0.3, -0.25) is 29.5 Å². The van der Waals surface area contributed by atoms with Crippen LogP contribution in [0.15, 0.2) is 35.9 Å². The molecule has 0 aromatic heterocycles. The van der Waals surface area contributed by atoms with Gasteiger partial charge in [0, 0.05) is 25.2 Å². The zero-order chi connectivity index (χ0) is 17.9. The van der Waals surface area contributed by atoms with Gasteiger partial charge in [-0.2, -0.15) is 0 Å². The molecule has 1 aromatic carbocycles. The maximum absolute atomic E-state index is 12.4. The summed E-state index contributed by atoms with van der Waals surface area (Å²) in [7, 11) is 0. The highest BCUT2D eigenvalue weighted by Crippen LogP contribution is 2.19. The Morgan fingerprint density at radius 3 is 2.25 bits per heavy atom. The number of thiocarbonyl (C=S) groups is 1. The van der Waals surface area contributed by atoms with Crippen molar-refractivity contribution in [3.63, 3.8) is 0 Å². The summed E-state index contributed by atoms with van der Waals surface area (Å²) in [4.78, 5) is 38.0. The first-order chi connectivity index (χ1) is 11.4. The van der Waals surface area contributed by atoms with Crippen LogP contribution in [0.25, 0.3) is 0 Å². The Bertz CT molecular complexity index is 717. The van der Waals surface area contributed by atoms with E-state index < -0.39 is 16.7 Å². The van der Waals surface area contributed by atoms with Crippen molar-refractivity contribution in [1.82, 2.24) is 9.80 Å². The number of hydrogen-bond donors (Lipinski definition) is 0. The second-order valence-electron chi connectivity index (χ2n) is 5.13. The van der Waals surface area contributed by atoms with Crippen LogP contribution in [0.2, 0.25) is 0 Å². The molecule has 0 aliphatic carbocycles. The molecule has 0 unspecified atom stereocenters. The fourth-order valence-electron chi connectivity index (χ4n) is 2.45. The van der Waals surface area contributed by atoms with Crippen LogP contribution in [-0.2, 0) is 16.0 Å². The molecule has 8 heteroatoms. The average molecular weight is 347 g/mol. The number of non-ortho nitro benzene ring substituents is 1. The molecule has 1 aromatic rings. The molecule has 0 saturated carbocycles. The summed E-state index contributed by atoms with van der Waals surface area (Å²) in [5, 5.41) is 11.0. The Morgan fingerprint density at radius 2 is 1.75 bits per heavy atom. The zero-order valence-corrected chi connectivity index (χ0v) is 14.2. The fraction of sp³-hybridized carbons (Fsp3) is 0.312. The van der Waals surface area contributed by atoms with Crippen LogP contribution < -0.4 is 0 Å². The van der Waals surface area contributed by atoms with Crippen molar-refractivity contribution in [2.45, 2.75) is 20.3 Å². The largest absolute Gasteiger partial charge is 0.285 e. The zero-order valence-electron chi connectivity index (χ0n) is 13.4. The van der Waals surface area contributed by atoms with Crippen LogP contribution in [0.3, 0.4) is 0 Å². The van der Waals surface area contributed by atoms with Crippen molar-refractivity contribution in [3.05, 3.63) is 51.6 Å². The fourth-order valence-corrected chi connectivity index (χ4v) is 2.88.